The van der Waals surface area contributed by atoms with E-state index in [9.17, 15) is 0 Å². The first-order valence-electron chi connectivity index (χ1n) is 6.88. The quantitative estimate of drug-likeness (QED) is 0.936. The first-order chi connectivity index (χ1) is 9.78. The Kier molecular flexibility index (Phi) is 4.03. The van der Waals surface area contributed by atoms with Crippen molar-refractivity contribution in [3.63, 3.8) is 0 Å². The summed E-state index contributed by atoms with van der Waals surface area (Å²) in [7, 11) is 1.97. The summed E-state index contributed by atoms with van der Waals surface area (Å²) in [4.78, 5) is 7.01. The van der Waals surface area contributed by atoms with E-state index < -0.39 is 0 Å². The van der Waals surface area contributed by atoms with E-state index in [4.69, 9.17) is 0 Å². The Bertz CT molecular complexity index is 612. The summed E-state index contributed by atoms with van der Waals surface area (Å²) >= 11 is 3.51. The van der Waals surface area contributed by atoms with Crippen molar-refractivity contribution < 1.29 is 0 Å². The smallest absolute Gasteiger partial charge is 0.133 e. The van der Waals surface area contributed by atoms with Crippen molar-refractivity contribution in [2.45, 2.75) is 19.5 Å². The summed E-state index contributed by atoms with van der Waals surface area (Å²) < 4.78 is 1.03. The molecule has 1 aliphatic rings. The van der Waals surface area contributed by atoms with Crippen molar-refractivity contribution in [3.05, 3.63) is 57.7 Å². The molecule has 1 aromatic carbocycles. The second-order valence-electron chi connectivity index (χ2n) is 5.11. The van der Waals surface area contributed by atoms with Gasteiger partial charge in [-0.2, -0.15) is 0 Å². The number of anilines is 1. The molecule has 0 bridgehead atoms. The van der Waals surface area contributed by atoms with Gasteiger partial charge in [0.2, 0.25) is 0 Å². The molecule has 4 heteroatoms. The minimum atomic E-state index is 0.833. The Morgan fingerprint density at radius 2 is 2.10 bits per heavy atom. The van der Waals surface area contributed by atoms with Crippen LogP contribution in [0.2, 0.25) is 0 Å². The van der Waals surface area contributed by atoms with Crippen molar-refractivity contribution in [1.82, 2.24) is 10.3 Å². The van der Waals surface area contributed by atoms with Crippen molar-refractivity contribution >= 4 is 21.7 Å². The van der Waals surface area contributed by atoms with Crippen molar-refractivity contribution in [1.29, 1.82) is 0 Å². The number of fused-ring (bicyclic) bond motifs is 1. The molecule has 20 heavy (non-hydrogen) atoms. The van der Waals surface area contributed by atoms with Gasteiger partial charge in [0, 0.05) is 35.9 Å². The summed E-state index contributed by atoms with van der Waals surface area (Å²) in [6.07, 6.45) is 2.97. The molecule has 2 aromatic rings. The average molecular weight is 332 g/mol. The van der Waals surface area contributed by atoms with Crippen LogP contribution in [0, 0.1) is 0 Å². The van der Waals surface area contributed by atoms with E-state index in [2.05, 4.69) is 61.5 Å². The number of pyridine rings is 1. The van der Waals surface area contributed by atoms with E-state index in [-0.39, 0.29) is 0 Å². The number of rotatable bonds is 3. The Labute approximate surface area is 128 Å². The van der Waals surface area contributed by atoms with Crippen molar-refractivity contribution in [2.24, 2.45) is 0 Å². The third-order valence-corrected chi connectivity index (χ3v) is 4.14. The molecule has 0 saturated heterocycles. The van der Waals surface area contributed by atoms with E-state index in [1.165, 1.54) is 16.7 Å². The molecule has 3 nitrogen and oxygen atoms in total. The van der Waals surface area contributed by atoms with Gasteiger partial charge in [0.05, 0.1) is 0 Å². The maximum absolute atomic E-state index is 4.63. The van der Waals surface area contributed by atoms with Gasteiger partial charge in [0.25, 0.3) is 0 Å². The lowest BCUT2D eigenvalue weighted by atomic mass is 9.99. The largest absolute Gasteiger partial charge is 0.352 e. The predicted octanol–water partition coefficient (Wildman–Crippen LogP) is 3.13. The minimum Gasteiger partial charge on any atom is -0.352 e. The van der Waals surface area contributed by atoms with Crippen LogP contribution in [0.25, 0.3) is 0 Å². The van der Waals surface area contributed by atoms with Gasteiger partial charge in [-0.3, -0.25) is 0 Å². The van der Waals surface area contributed by atoms with Gasteiger partial charge < -0.3 is 10.2 Å². The number of benzene rings is 1. The summed E-state index contributed by atoms with van der Waals surface area (Å²) in [5.41, 5.74) is 4.12. The summed E-state index contributed by atoms with van der Waals surface area (Å²) in [5.74, 6) is 1.09. The number of hydrogen-bond acceptors (Lipinski definition) is 3. The Morgan fingerprint density at radius 1 is 1.30 bits per heavy atom. The van der Waals surface area contributed by atoms with Gasteiger partial charge in [-0.05, 0) is 46.6 Å². The number of hydrogen-bond donors (Lipinski definition) is 1. The van der Waals surface area contributed by atoms with Crippen molar-refractivity contribution in [3.8, 4) is 0 Å². The standard InChI is InChI=1S/C16H18BrN3/c1-18-9-14-8-15(17)10-19-16(14)20-7-6-12-4-2-3-5-13(12)11-20/h2-5,8,10,18H,6-7,9,11H2,1H3. The second-order valence-corrected chi connectivity index (χ2v) is 6.02. The lowest BCUT2D eigenvalue weighted by molar-refractivity contribution is 0.707. The zero-order chi connectivity index (χ0) is 13.9. The van der Waals surface area contributed by atoms with Gasteiger partial charge >= 0.3 is 0 Å². The molecule has 1 aromatic heterocycles. The fourth-order valence-electron chi connectivity index (χ4n) is 2.76. The Hall–Kier alpha value is -1.39. The topological polar surface area (TPSA) is 28.2 Å². The first-order valence-corrected chi connectivity index (χ1v) is 7.68. The molecule has 0 aliphatic carbocycles. The van der Waals surface area contributed by atoms with Gasteiger partial charge in [-0.1, -0.05) is 24.3 Å². The van der Waals surface area contributed by atoms with E-state index in [1.807, 2.05) is 13.2 Å². The van der Waals surface area contributed by atoms with Crippen molar-refractivity contribution in [2.75, 3.05) is 18.5 Å². The monoisotopic (exact) mass is 331 g/mol. The number of nitrogens with one attached hydrogen (secondary N) is 1. The highest BCUT2D eigenvalue weighted by molar-refractivity contribution is 9.10. The van der Waals surface area contributed by atoms with Crippen LogP contribution in [0.15, 0.2) is 41.0 Å². The lowest BCUT2D eigenvalue weighted by Crippen LogP contribution is -2.32. The first kappa shape index (κ1) is 13.6. The average Bonchev–Trinajstić information content (AvgIpc) is 2.47. The van der Waals surface area contributed by atoms with E-state index in [0.29, 0.717) is 0 Å². The Morgan fingerprint density at radius 3 is 2.90 bits per heavy atom. The second kappa shape index (κ2) is 5.94. The molecule has 0 spiro atoms. The van der Waals surface area contributed by atoms with Crippen LogP contribution in [0.5, 0.6) is 0 Å². The maximum Gasteiger partial charge on any atom is 0.133 e. The SMILES string of the molecule is CNCc1cc(Br)cnc1N1CCc2ccccc2C1. The van der Waals surface area contributed by atoms with Gasteiger partial charge in [0.1, 0.15) is 5.82 Å². The molecule has 0 radical (unpaired) electrons. The number of nitrogens with zero attached hydrogens (tertiary/aromatic N) is 2. The summed E-state index contributed by atoms with van der Waals surface area (Å²) in [5, 5.41) is 3.22. The van der Waals surface area contributed by atoms with Crippen LogP contribution in [-0.4, -0.2) is 18.6 Å². The highest BCUT2D eigenvalue weighted by Gasteiger charge is 2.19. The van der Waals surface area contributed by atoms with E-state index in [0.717, 1.165) is 36.3 Å². The van der Waals surface area contributed by atoms with Crippen LogP contribution in [0.3, 0.4) is 0 Å². The van der Waals surface area contributed by atoms with Gasteiger partial charge in [-0.25, -0.2) is 4.98 Å². The fraction of sp³-hybridized carbons (Fsp3) is 0.312. The Balaban J connectivity index is 1.91. The molecule has 0 unspecified atom stereocenters. The van der Waals surface area contributed by atoms with Gasteiger partial charge in [-0.15, -0.1) is 0 Å². The van der Waals surface area contributed by atoms with E-state index >= 15 is 0 Å². The third kappa shape index (κ3) is 2.72. The fourth-order valence-corrected chi connectivity index (χ4v) is 3.13. The maximum atomic E-state index is 4.63. The highest BCUT2D eigenvalue weighted by Crippen LogP contribution is 2.27. The molecule has 1 aliphatic heterocycles. The van der Waals surface area contributed by atoms with Crippen LogP contribution in [0.1, 0.15) is 16.7 Å². The zero-order valence-electron chi connectivity index (χ0n) is 11.6. The molecule has 1 N–H and O–H groups in total. The van der Waals surface area contributed by atoms with Crippen LogP contribution >= 0.6 is 15.9 Å². The molecule has 0 atom stereocenters. The number of halogens is 1. The normalized spacial score (nSPS) is 14.2. The van der Waals surface area contributed by atoms with E-state index in [1.54, 1.807) is 0 Å². The minimum absolute atomic E-state index is 0.833. The number of aromatic nitrogens is 1. The zero-order valence-corrected chi connectivity index (χ0v) is 13.2. The molecular weight excluding hydrogens is 314 g/mol. The lowest BCUT2D eigenvalue weighted by Gasteiger charge is -2.31. The molecule has 0 fully saturated rings. The molecular formula is C16H18BrN3. The third-order valence-electron chi connectivity index (χ3n) is 3.71. The summed E-state index contributed by atoms with van der Waals surface area (Å²) in [6, 6.07) is 10.8. The van der Waals surface area contributed by atoms with Crippen LogP contribution in [-0.2, 0) is 19.5 Å². The molecule has 0 saturated carbocycles. The van der Waals surface area contributed by atoms with Gasteiger partial charge in [0.15, 0.2) is 0 Å². The summed E-state index contributed by atoms with van der Waals surface area (Å²) in [6.45, 7) is 2.81. The highest BCUT2D eigenvalue weighted by atomic mass is 79.9. The molecule has 2 heterocycles. The molecule has 104 valence electrons. The predicted molar refractivity (Wildman–Crippen MR) is 85.9 cm³/mol. The molecule has 3 rings (SSSR count). The van der Waals surface area contributed by atoms with Crippen LogP contribution in [0.4, 0.5) is 5.82 Å². The van der Waals surface area contributed by atoms with Crippen LogP contribution < -0.4 is 10.2 Å². The molecule has 0 amide bonds.